The molecule has 0 unspecified atom stereocenters. The third kappa shape index (κ3) is 2.32. The summed E-state index contributed by atoms with van der Waals surface area (Å²) < 4.78 is 0. The van der Waals surface area contributed by atoms with Gasteiger partial charge < -0.3 is 5.73 Å². The lowest BCUT2D eigenvalue weighted by atomic mass is 10.0. The first-order valence-electron chi connectivity index (χ1n) is 5.80. The molecule has 0 saturated heterocycles. The first-order valence-corrected chi connectivity index (χ1v) is 6.68. The van der Waals surface area contributed by atoms with Gasteiger partial charge in [0.25, 0.3) is 0 Å². The number of benzene rings is 1. The molecule has 0 fully saturated rings. The fourth-order valence-electron chi connectivity index (χ4n) is 2.03. The minimum atomic E-state index is 0.0436. The van der Waals surface area contributed by atoms with Crippen LogP contribution in [0.15, 0.2) is 42.0 Å². The van der Waals surface area contributed by atoms with Crippen molar-refractivity contribution < 1.29 is 4.79 Å². The summed E-state index contributed by atoms with van der Waals surface area (Å²) in [5, 5.41) is 4.20. The zero-order valence-electron chi connectivity index (χ0n) is 10.0. The Hall–Kier alpha value is -2.27. The van der Waals surface area contributed by atoms with Crippen LogP contribution in [0.3, 0.4) is 0 Å². The van der Waals surface area contributed by atoms with Crippen molar-refractivity contribution in [1.29, 1.82) is 0 Å². The summed E-state index contributed by atoms with van der Waals surface area (Å²) in [6, 6.07) is 7.50. The number of fused-ring (bicyclic) bond motifs is 1. The van der Waals surface area contributed by atoms with Crippen LogP contribution in [-0.2, 0) is 6.42 Å². The first kappa shape index (κ1) is 11.8. The van der Waals surface area contributed by atoms with Gasteiger partial charge in [0.05, 0.1) is 12.1 Å². The number of Topliss-reactive ketones (excluding diaryl/α,β-unsaturated/α-hetero) is 1. The molecule has 2 heterocycles. The Bertz CT molecular complexity index is 746. The number of nitrogen functional groups attached to an aromatic ring is 1. The summed E-state index contributed by atoms with van der Waals surface area (Å²) in [6.07, 6.45) is 3.72. The van der Waals surface area contributed by atoms with Crippen molar-refractivity contribution in [3.8, 4) is 0 Å². The molecule has 2 N–H and O–H groups in total. The van der Waals surface area contributed by atoms with Crippen molar-refractivity contribution in [3.05, 3.63) is 53.3 Å². The molecule has 19 heavy (non-hydrogen) atoms. The fourth-order valence-corrected chi connectivity index (χ4v) is 2.59. The van der Waals surface area contributed by atoms with E-state index in [-0.39, 0.29) is 12.2 Å². The molecule has 1 aromatic carbocycles. The number of hydrogen-bond donors (Lipinski definition) is 1. The molecule has 0 saturated carbocycles. The van der Waals surface area contributed by atoms with Crippen LogP contribution in [0.5, 0.6) is 0 Å². The maximum absolute atomic E-state index is 12.3. The normalized spacial score (nSPS) is 10.7. The maximum Gasteiger partial charge on any atom is 0.180 e. The molecule has 0 aliphatic carbocycles. The van der Waals surface area contributed by atoms with E-state index in [0.717, 1.165) is 16.5 Å². The van der Waals surface area contributed by atoms with Gasteiger partial charge in [-0.05, 0) is 11.5 Å². The van der Waals surface area contributed by atoms with Crippen molar-refractivity contribution in [2.45, 2.75) is 6.42 Å². The number of aromatic nitrogens is 2. The summed E-state index contributed by atoms with van der Waals surface area (Å²) in [7, 11) is 0. The van der Waals surface area contributed by atoms with Crippen molar-refractivity contribution in [2.24, 2.45) is 0 Å². The predicted molar refractivity (Wildman–Crippen MR) is 76.3 cm³/mol. The van der Waals surface area contributed by atoms with Crippen LogP contribution >= 0.6 is 11.3 Å². The monoisotopic (exact) mass is 269 g/mol. The molecule has 3 aromatic rings. The Balaban J connectivity index is 1.97. The number of thiazole rings is 1. The summed E-state index contributed by atoms with van der Waals surface area (Å²) in [5.41, 5.74) is 6.99. The number of ketones is 1. The zero-order chi connectivity index (χ0) is 13.2. The van der Waals surface area contributed by atoms with E-state index in [9.17, 15) is 4.79 Å². The highest BCUT2D eigenvalue weighted by molar-refractivity contribution is 7.13. The molecule has 0 atom stereocenters. The van der Waals surface area contributed by atoms with E-state index in [1.807, 2.05) is 29.6 Å². The first-order chi connectivity index (χ1) is 9.24. The second kappa shape index (κ2) is 4.78. The minimum Gasteiger partial charge on any atom is -0.375 e. The molecule has 5 heteroatoms. The predicted octanol–water partition coefficient (Wildman–Crippen LogP) is 2.70. The number of nitrogens with zero attached hydrogens (tertiary/aromatic N) is 2. The van der Waals surface area contributed by atoms with E-state index >= 15 is 0 Å². The largest absolute Gasteiger partial charge is 0.375 e. The van der Waals surface area contributed by atoms with Crippen molar-refractivity contribution >= 4 is 33.0 Å². The average Bonchev–Trinajstić information content (AvgIpc) is 2.83. The number of carbonyl (C=O) groups excluding carboxylic acids is 1. The van der Waals surface area contributed by atoms with Gasteiger partial charge in [0, 0.05) is 28.7 Å². The average molecular weight is 269 g/mol. The molecule has 2 aromatic heterocycles. The van der Waals surface area contributed by atoms with Gasteiger partial charge in [0.2, 0.25) is 0 Å². The number of carbonyl (C=O) groups is 1. The lowest BCUT2D eigenvalue weighted by Gasteiger charge is -2.04. The Labute approximate surface area is 113 Å². The van der Waals surface area contributed by atoms with E-state index in [1.54, 1.807) is 12.4 Å². The summed E-state index contributed by atoms with van der Waals surface area (Å²) in [6.45, 7) is 0. The lowest BCUT2D eigenvalue weighted by Crippen LogP contribution is -2.04. The molecular formula is C14H11N3OS. The molecular weight excluding hydrogens is 258 g/mol. The SMILES string of the molecule is Nc1nc(CC(=O)c2cccc3cnccc23)cs1. The van der Waals surface area contributed by atoms with Gasteiger partial charge >= 0.3 is 0 Å². The number of pyridine rings is 1. The smallest absolute Gasteiger partial charge is 0.180 e. The van der Waals surface area contributed by atoms with Crippen LogP contribution in [0.1, 0.15) is 16.1 Å². The zero-order valence-corrected chi connectivity index (χ0v) is 10.9. The molecule has 3 rings (SSSR count). The van der Waals surface area contributed by atoms with Gasteiger partial charge in [0.1, 0.15) is 0 Å². The van der Waals surface area contributed by atoms with Crippen LogP contribution < -0.4 is 5.73 Å². The minimum absolute atomic E-state index is 0.0436. The second-order valence-corrected chi connectivity index (χ2v) is 5.07. The van der Waals surface area contributed by atoms with Gasteiger partial charge in [-0.15, -0.1) is 11.3 Å². The third-order valence-electron chi connectivity index (χ3n) is 2.89. The molecule has 0 aliphatic heterocycles. The van der Waals surface area contributed by atoms with Crippen molar-refractivity contribution in [1.82, 2.24) is 9.97 Å². The van der Waals surface area contributed by atoms with E-state index in [0.29, 0.717) is 10.7 Å². The number of rotatable bonds is 3. The number of anilines is 1. The number of nitrogens with two attached hydrogens (primary N) is 1. The van der Waals surface area contributed by atoms with E-state index in [1.165, 1.54) is 11.3 Å². The van der Waals surface area contributed by atoms with E-state index in [2.05, 4.69) is 9.97 Å². The van der Waals surface area contributed by atoms with Gasteiger partial charge in [-0.2, -0.15) is 0 Å². The number of hydrogen-bond acceptors (Lipinski definition) is 5. The second-order valence-electron chi connectivity index (χ2n) is 4.18. The van der Waals surface area contributed by atoms with Crippen LogP contribution in [-0.4, -0.2) is 15.8 Å². The van der Waals surface area contributed by atoms with Crippen molar-refractivity contribution in [2.75, 3.05) is 5.73 Å². The third-order valence-corrected chi connectivity index (χ3v) is 3.62. The van der Waals surface area contributed by atoms with Crippen LogP contribution in [0.25, 0.3) is 10.8 Å². The molecule has 0 bridgehead atoms. The Kier molecular flexibility index (Phi) is 2.97. The summed E-state index contributed by atoms with van der Waals surface area (Å²) in [4.78, 5) is 20.5. The topological polar surface area (TPSA) is 68.9 Å². The van der Waals surface area contributed by atoms with Crippen LogP contribution in [0.4, 0.5) is 5.13 Å². The highest BCUT2D eigenvalue weighted by Gasteiger charge is 2.12. The van der Waals surface area contributed by atoms with E-state index in [4.69, 9.17) is 5.73 Å². The highest BCUT2D eigenvalue weighted by Crippen LogP contribution is 2.20. The Morgan fingerprint density at radius 3 is 3.00 bits per heavy atom. The molecule has 94 valence electrons. The van der Waals surface area contributed by atoms with E-state index < -0.39 is 0 Å². The van der Waals surface area contributed by atoms with Gasteiger partial charge in [0.15, 0.2) is 10.9 Å². The van der Waals surface area contributed by atoms with Gasteiger partial charge in [-0.1, -0.05) is 18.2 Å². The molecule has 0 spiro atoms. The van der Waals surface area contributed by atoms with Crippen molar-refractivity contribution in [3.63, 3.8) is 0 Å². The molecule has 0 radical (unpaired) electrons. The standard InChI is InChI=1S/C14H11N3OS/c15-14-17-10(8-19-14)6-13(18)12-3-1-2-9-7-16-5-4-11(9)12/h1-5,7-8H,6H2,(H2,15,17). The van der Waals surface area contributed by atoms with Gasteiger partial charge in [-0.25, -0.2) is 4.98 Å². The quantitative estimate of drug-likeness (QED) is 0.742. The Morgan fingerprint density at radius 2 is 2.21 bits per heavy atom. The highest BCUT2D eigenvalue weighted by atomic mass is 32.1. The molecule has 0 amide bonds. The Morgan fingerprint density at radius 1 is 1.32 bits per heavy atom. The van der Waals surface area contributed by atoms with Crippen LogP contribution in [0.2, 0.25) is 0 Å². The molecule has 0 aliphatic rings. The summed E-state index contributed by atoms with van der Waals surface area (Å²) >= 11 is 1.35. The molecule has 4 nitrogen and oxygen atoms in total. The lowest BCUT2D eigenvalue weighted by molar-refractivity contribution is 0.0994. The maximum atomic E-state index is 12.3. The van der Waals surface area contributed by atoms with Crippen LogP contribution in [0, 0.1) is 0 Å². The summed E-state index contributed by atoms with van der Waals surface area (Å²) in [5.74, 6) is 0.0436. The van der Waals surface area contributed by atoms with Gasteiger partial charge in [-0.3, -0.25) is 9.78 Å². The fraction of sp³-hybridized carbons (Fsp3) is 0.0714.